The molecule has 3 aromatic rings. The van der Waals surface area contributed by atoms with Gasteiger partial charge in [0.05, 0.1) is 43.4 Å². The van der Waals surface area contributed by atoms with Gasteiger partial charge >= 0.3 is 0 Å². The Bertz CT molecular complexity index is 1350. The summed E-state index contributed by atoms with van der Waals surface area (Å²) in [4.78, 5) is 19.9. The monoisotopic (exact) mass is 505 g/mol. The summed E-state index contributed by atoms with van der Waals surface area (Å²) in [6.07, 6.45) is 8.15. The maximum Gasteiger partial charge on any atom is 0.136 e. The Kier molecular flexibility index (Phi) is 8.58. The van der Waals surface area contributed by atoms with Crippen molar-refractivity contribution >= 4 is 22.9 Å². The van der Waals surface area contributed by atoms with Crippen LogP contribution in [0.2, 0.25) is 0 Å². The number of methoxy groups -OCH3 is 1. The minimum absolute atomic E-state index is 0.202. The van der Waals surface area contributed by atoms with Gasteiger partial charge in [-0.1, -0.05) is 19.9 Å². The van der Waals surface area contributed by atoms with Gasteiger partial charge in [-0.25, -0.2) is 14.4 Å². The van der Waals surface area contributed by atoms with E-state index in [4.69, 9.17) is 9.47 Å². The first-order chi connectivity index (χ1) is 18.1. The molecule has 5 rings (SSSR count). The molecule has 1 aromatic carbocycles. The molecule has 194 valence electrons. The van der Waals surface area contributed by atoms with Crippen LogP contribution >= 0.6 is 0 Å². The average Bonchev–Trinajstić information content (AvgIpc) is 3.17. The minimum atomic E-state index is -1.10. The molecular formula is C28H32FN5O3. The van der Waals surface area contributed by atoms with E-state index in [1.807, 2.05) is 39.0 Å². The summed E-state index contributed by atoms with van der Waals surface area (Å²) in [6, 6.07) is 4.75. The molecule has 1 unspecified atom stereocenters. The van der Waals surface area contributed by atoms with Gasteiger partial charge in [0.1, 0.15) is 35.2 Å². The lowest BCUT2D eigenvalue weighted by atomic mass is 9.97. The predicted octanol–water partition coefficient (Wildman–Crippen LogP) is 5.04. The summed E-state index contributed by atoms with van der Waals surface area (Å²) in [6.45, 7) is 8.77. The quantitative estimate of drug-likeness (QED) is 0.519. The third kappa shape index (κ3) is 5.52. The van der Waals surface area contributed by atoms with Crippen LogP contribution < -0.4 is 9.64 Å². The number of morpholine rings is 1. The molecule has 8 nitrogen and oxygen atoms in total. The molecule has 0 spiro atoms. The Morgan fingerprint density at radius 2 is 1.89 bits per heavy atom. The van der Waals surface area contributed by atoms with Gasteiger partial charge in [0.2, 0.25) is 0 Å². The molecule has 0 amide bonds. The topological polar surface area (TPSA) is 93.0 Å². The van der Waals surface area contributed by atoms with Crippen LogP contribution in [0.5, 0.6) is 5.75 Å². The highest BCUT2D eigenvalue weighted by atomic mass is 19.1. The predicted molar refractivity (Wildman–Crippen MR) is 144 cm³/mol. The smallest absolute Gasteiger partial charge is 0.136 e. The lowest BCUT2D eigenvalue weighted by Crippen LogP contribution is -2.36. The van der Waals surface area contributed by atoms with E-state index in [2.05, 4.69) is 24.8 Å². The van der Waals surface area contributed by atoms with Gasteiger partial charge in [0.15, 0.2) is 0 Å². The maximum atomic E-state index is 15.3. The molecule has 0 bridgehead atoms. The highest BCUT2D eigenvalue weighted by molar-refractivity contribution is 5.90. The lowest BCUT2D eigenvalue weighted by Gasteiger charge is -2.28. The molecule has 9 heteroatoms. The van der Waals surface area contributed by atoms with Crippen molar-refractivity contribution in [1.82, 2.24) is 15.0 Å². The summed E-state index contributed by atoms with van der Waals surface area (Å²) in [5.41, 5.74) is 4.37. The molecule has 1 N–H and O–H groups in total. The van der Waals surface area contributed by atoms with Crippen LogP contribution in [0.15, 0.2) is 59.1 Å². The van der Waals surface area contributed by atoms with Gasteiger partial charge in [0.25, 0.3) is 0 Å². The van der Waals surface area contributed by atoms with Crippen molar-refractivity contribution in [3.05, 3.63) is 65.5 Å². The summed E-state index contributed by atoms with van der Waals surface area (Å²) >= 11 is 0. The van der Waals surface area contributed by atoms with Crippen LogP contribution in [-0.2, 0) is 4.74 Å². The number of rotatable bonds is 5. The number of allylic oxidation sites excluding steroid dienone is 3. The fourth-order valence-corrected chi connectivity index (χ4v) is 4.36. The Morgan fingerprint density at radius 3 is 2.65 bits per heavy atom. The number of nitrogens with zero attached hydrogens (tertiary/aromatic N) is 5. The molecule has 2 aromatic heterocycles. The average molecular weight is 506 g/mol. The van der Waals surface area contributed by atoms with Crippen LogP contribution in [-0.4, -0.2) is 59.7 Å². The number of aromatic nitrogens is 3. The van der Waals surface area contributed by atoms with Crippen molar-refractivity contribution in [2.45, 2.75) is 33.3 Å². The van der Waals surface area contributed by atoms with Gasteiger partial charge in [0, 0.05) is 36.5 Å². The zero-order chi connectivity index (χ0) is 26.4. The van der Waals surface area contributed by atoms with Crippen molar-refractivity contribution in [2.24, 2.45) is 4.99 Å². The Labute approximate surface area is 216 Å². The standard InChI is InChI=1S/C26H26FN5O3.C2H6/c1-16-5-3-4-6-28-23(16)26(33)19-12-18(20(27)13-22(19)34-2)24-25-21(30-15-31-24)11-17(14-29-25)32-7-9-35-10-8-32;1-2/h3-4,6,11-15,26,33H,5,7-10H2,1-2H3;1-2H3. The van der Waals surface area contributed by atoms with Crippen LogP contribution in [0.1, 0.15) is 38.9 Å². The van der Waals surface area contributed by atoms with E-state index in [9.17, 15) is 5.11 Å². The molecule has 37 heavy (non-hydrogen) atoms. The number of benzene rings is 1. The van der Waals surface area contributed by atoms with Crippen LogP contribution in [0.25, 0.3) is 22.3 Å². The van der Waals surface area contributed by atoms with Crippen LogP contribution in [0, 0.1) is 5.82 Å². The number of aliphatic hydroxyl groups is 1. The molecule has 1 fully saturated rings. The Hall–Kier alpha value is -3.69. The first kappa shape index (κ1) is 26.4. The molecule has 1 saturated heterocycles. The minimum Gasteiger partial charge on any atom is -0.496 e. The molecule has 2 aliphatic heterocycles. The zero-order valence-electron chi connectivity index (χ0n) is 21.6. The highest BCUT2D eigenvalue weighted by Crippen LogP contribution is 2.38. The molecule has 0 saturated carbocycles. The van der Waals surface area contributed by atoms with Gasteiger partial charge in [-0.05, 0) is 37.1 Å². The number of pyridine rings is 1. The summed E-state index contributed by atoms with van der Waals surface area (Å²) in [5.74, 6) is -0.305. The van der Waals surface area contributed by atoms with E-state index < -0.39 is 11.9 Å². The van der Waals surface area contributed by atoms with Crippen molar-refractivity contribution in [3.8, 4) is 17.0 Å². The van der Waals surface area contributed by atoms with Crippen molar-refractivity contribution in [1.29, 1.82) is 0 Å². The van der Waals surface area contributed by atoms with Gasteiger partial charge < -0.3 is 19.5 Å². The molecule has 1 atom stereocenters. The number of ether oxygens (including phenoxy) is 2. The van der Waals surface area contributed by atoms with E-state index in [1.54, 1.807) is 18.5 Å². The summed E-state index contributed by atoms with van der Waals surface area (Å²) in [7, 11) is 1.44. The van der Waals surface area contributed by atoms with Gasteiger partial charge in [-0.2, -0.15) is 0 Å². The molecule has 0 radical (unpaired) electrons. The van der Waals surface area contributed by atoms with E-state index in [0.717, 1.165) is 24.4 Å². The fourth-order valence-electron chi connectivity index (χ4n) is 4.36. The third-order valence-corrected chi connectivity index (χ3v) is 6.26. The van der Waals surface area contributed by atoms with Gasteiger partial charge in [-0.15, -0.1) is 0 Å². The first-order valence-corrected chi connectivity index (χ1v) is 12.4. The number of aliphatic imine (C=N–C) groups is 1. The SMILES string of the molecule is CC.COc1cc(F)c(-c2ncnc3cc(N4CCOCC4)cnc23)cc1C(O)C1=C(C)CC=CC=N1. The van der Waals surface area contributed by atoms with Crippen LogP contribution in [0.3, 0.4) is 0 Å². The number of halogens is 1. The van der Waals surface area contributed by atoms with E-state index in [1.165, 1.54) is 19.5 Å². The van der Waals surface area contributed by atoms with Crippen LogP contribution in [0.4, 0.5) is 10.1 Å². The van der Waals surface area contributed by atoms with Crippen molar-refractivity contribution < 1.29 is 19.0 Å². The number of fused-ring (bicyclic) bond motifs is 1. The van der Waals surface area contributed by atoms with Crippen molar-refractivity contribution in [3.63, 3.8) is 0 Å². The third-order valence-electron chi connectivity index (χ3n) is 6.26. The van der Waals surface area contributed by atoms with E-state index in [-0.39, 0.29) is 11.3 Å². The second kappa shape index (κ2) is 12.0. The first-order valence-electron chi connectivity index (χ1n) is 12.4. The van der Waals surface area contributed by atoms with Crippen molar-refractivity contribution in [2.75, 3.05) is 38.3 Å². The maximum absolute atomic E-state index is 15.3. The molecule has 0 aliphatic carbocycles. The Morgan fingerprint density at radius 1 is 1.11 bits per heavy atom. The summed E-state index contributed by atoms with van der Waals surface area (Å²) < 4.78 is 26.2. The van der Waals surface area contributed by atoms with E-state index >= 15 is 4.39 Å². The zero-order valence-corrected chi connectivity index (χ0v) is 21.6. The molecule has 2 aliphatic rings. The van der Waals surface area contributed by atoms with Gasteiger partial charge in [-0.3, -0.25) is 9.98 Å². The normalized spacial score (nSPS) is 16.3. The number of hydrogen-bond donors (Lipinski definition) is 1. The second-order valence-electron chi connectivity index (χ2n) is 8.44. The number of anilines is 1. The van der Waals surface area contributed by atoms with E-state index in [0.29, 0.717) is 47.6 Å². The fraction of sp³-hybridized carbons (Fsp3) is 0.357. The highest BCUT2D eigenvalue weighted by Gasteiger charge is 2.24. The number of aliphatic hydroxyl groups excluding tert-OH is 1. The molecular weight excluding hydrogens is 473 g/mol. The number of hydrogen-bond acceptors (Lipinski definition) is 8. The molecule has 4 heterocycles. The lowest BCUT2D eigenvalue weighted by molar-refractivity contribution is 0.122. The summed E-state index contributed by atoms with van der Waals surface area (Å²) in [5, 5.41) is 11.2. The largest absolute Gasteiger partial charge is 0.496 e. The Balaban J connectivity index is 0.00000156. The second-order valence-corrected chi connectivity index (χ2v) is 8.44.